The smallest absolute Gasteiger partial charge is 0.0594 e. The first kappa shape index (κ1) is 15.9. The summed E-state index contributed by atoms with van der Waals surface area (Å²) >= 11 is 0. The van der Waals surface area contributed by atoms with Gasteiger partial charge in [0.15, 0.2) is 0 Å². The maximum absolute atomic E-state index is 5.65. The molecule has 1 fully saturated rings. The van der Waals surface area contributed by atoms with Crippen LogP contribution in [0.1, 0.15) is 13.8 Å². The molecular weight excluding hydrogens is 211 g/mol. The van der Waals surface area contributed by atoms with Crippen LogP contribution in [0.5, 0.6) is 0 Å². The van der Waals surface area contributed by atoms with E-state index in [1.54, 1.807) is 0 Å². The van der Waals surface area contributed by atoms with E-state index in [4.69, 9.17) is 10.5 Å². The maximum Gasteiger partial charge on any atom is 0.0594 e. The molecule has 0 aliphatic carbocycles. The van der Waals surface area contributed by atoms with Crippen LogP contribution in [0.4, 0.5) is 0 Å². The second-order valence-corrected chi connectivity index (χ2v) is 3.62. The lowest BCUT2D eigenvalue weighted by molar-refractivity contribution is -0.00696. The third-order valence-corrected chi connectivity index (χ3v) is 2.37. The van der Waals surface area contributed by atoms with Crippen molar-refractivity contribution in [3.63, 3.8) is 0 Å². The van der Waals surface area contributed by atoms with Crippen LogP contribution in [0.2, 0.25) is 0 Å². The number of halogens is 2. The Bertz CT molecular complexity index is 127. The molecule has 1 saturated heterocycles. The van der Waals surface area contributed by atoms with Crippen molar-refractivity contribution >= 4 is 24.8 Å². The summed E-state index contributed by atoms with van der Waals surface area (Å²) in [5, 5.41) is 0. The summed E-state index contributed by atoms with van der Waals surface area (Å²) in [6, 6.07) is 0. The van der Waals surface area contributed by atoms with Gasteiger partial charge in [-0.2, -0.15) is 0 Å². The standard InChI is InChI=1S/C8H18N2O.2ClH/c1-8(2,7-9)10-3-5-11-6-4-10;;/h3-7,9H2,1-2H3;2*1H. The van der Waals surface area contributed by atoms with Crippen molar-refractivity contribution < 1.29 is 4.74 Å². The Kier molecular flexibility index (Phi) is 8.38. The SMILES string of the molecule is CC(C)(CN)N1CCOCC1.Cl.Cl. The molecule has 1 rings (SSSR count). The summed E-state index contributed by atoms with van der Waals surface area (Å²) in [6.45, 7) is 8.81. The average Bonchev–Trinajstić information content (AvgIpc) is 2.06. The minimum atomic E-state index is 0. The largest absolute Gasteiger partial charge is 0.379 e. The molecule has 0 radical (unpaired) electrons. The van der Waals surface area contributed by atoms with Gasteiger partial charge < -0.3 is 10.5 Å². The van der Waals surface area contributed by atoms with Crippen molar-refractivity contribution in [1.29, 1.82) is 0 Å². The van der Waals surface area contributed by atoms with E-state index in [0.717, 1.165) is 26.3 Å². The normalized spacial score (nSPS) is 18.7. The highest BCUT2D eigenvalue weighted by Crippen LogP contribution is 2.13. The molecule has 0 spiro atoms. The Morgan fingerprint density at radius 2 is 1.69 bits per heavy atom. The van der Waals surface area contributed by atoms with Gasteiger partial charge in [-0.1, -0.05) is 0 Å². The summed E-state index contributed by atoms with van der Waals surface area (Å²) in [6.07, 6.45) is 0. The third kappa shape index (κ3) is 4.47. The number of hydrogen-bond donors (Lipinski definition) is 1. The molecule has 0 aromatic carbocycles. The van der Waals surface area contributed by atoms with E-state index in [2.05, 4.69) is 18.7 Å². The van der Waals surface area contributed by atoms with E-state index in [-0.39, 0.29) is 30.4 Å². The molecule has 0 aromatic heterocycles. The Hall–Kier alpha value is 0.460. The van der Waals surface area contributed by atoms with Gasteiger partial charge in [-0.15, -0.1) is 24.8 Å². The molecule has 82 valence electrons. The molecule has 1 heterocycles. The van der Waals surface area contributed by atoms with Crippen LogP contribution in [0.15, 0.2) is 0 Å². The highest BCUT2D eigenvalue weighted by atomic mass is 35.5. The molecule has 13 heavy (non-hydrogen) atoms. The van der Waals surface area contributed by atoms with Gasteiger partial charge >= 0.3 is 0 Å². The first-order valence-corrected chi connectivity index (χ1v) is 4.20. The summed E-state index contributed by atoms with van der Waals surface area (Å²) < 4.78 is 5.26. The number of rotatable bonds is 2. The van der Waals surface area contributed by atoms with Crippen LogP contribution in [0.25, 0.3) is 0 Å². The van der Waals surface area contributed by atoms with Gasteiger partial charge in [0.05, 0.1) is 13.2 Å². The summed E-state index contributed by atoms with van der Waals surface area (Å²) in [5.74, 6) is 0. The van der Waals surface area contributed by atoms with E-state index in [1.807, 2.05) is 0 Å². The topological polar surface area (TPSA) is 38.5 Å². The average molecular weight is 231 g/mol. The molecule has 1 aliphatic rings. The van der Waals surface area contributed by atoms with Crippen molar-refractivity contribution in [2.24, 2.45) is 5.73 Å². The van der Waals surface area contributed by atoms with Gasteiger partial charge in [-0.3, -0.25) is 4.90 Å². The fraction of sp³-hybridized carbons (Fsp3) is 1.00. The molecule has 5 heteroatoms. The van der Waals surface area contributed by atoms with Crippen LogP contribution >= 0.6 is 24.8 Å². The Labute approximate surface area is 92.8 Å². The molecule has 2 N–H and O–H groups in total. The van der Waals surface area contributed by atoms with Crippen molar-refractivity contribution in [2.45, 2.75) is 19.4 Å². The molecular formula is C8H20Cl2N2O. The quantitative estimate of drug-likeness (QED) is 0.767. The Balaban J connectivity index is 0. The lowest BCUT2D eigenvalue weighted by atomic mass is 10.0. The minimum absolute atomic E-state index is 0. The third-order valence-electron chi connectivity index (χ3n) is 2.37. The van der Waals surface area contributed by atoms with Gasteiger partial charge in [0.2, 0.25) is 0 Å². The first-order valence-electron chi connectivity index (χ1n) is 4.20. The predicted octanol–water partition coefficient (Wildman–Crippen LogP) is 0.899. The number of morpholine rings is 1. The van der Waals surface area contributed by atoms with E-state index in [0.29, 0.717) is 6.54 Å². The highest BCUT2D eigenvalue weighted by Gasteiger charge is 2.26. The van der Waals surface area contributed by atoms with Gasteiger partial charge in [0, 0.05) is 25.2 Å². The fourth-order valence-corrected chi connectivity index (χ4v) is 1.30. The van der Waals surface area contributed by atoms with Crippen LogP contribution in [-0.4, -0.2) is 43.3 Å². The molecule has 1 aliphatic heterocycles. The number of ether oxygens (including phenoxy) is 1. The minimum Gasteiger partial charge on any atom is -0.379 e. The van der Waals surface area contributed by atoms with Gasteiger partial charge in [-0.25, -0.2) is 0 Å². The van der Waals surface area contributed by atoms with Gasteiger partial charge in [-0.05, 0) is 13.8 Å². The molecule has 0 aromatic rings. The predicted molar refractivity (Wildman–Crippen MR) is 60.0 cm³/mol. The number of hydrogen-bond acceptors (Lipinski definition) is 3. The van der Waals surface area contributed by atoms with E-state index < -0.39 is 0 Å². The van der Waals surface area contributed by atoms with Crippen LogP contribution in [0.3, 0.4) is 0 Å². The van der Waals surface area contributed by atoms with Crippen molar-refractivity contribution in [3.05, 3.63) is 0 Å². The highest BCUT2D eigenvalue weighted by molar-refractivity contribution is 5.85. The molecule has 0 amide bonds. The summed E-state index contributed by atoms with van der Waals surface area (Å²) in [4.78, 5) is 2.39. The van der Waals surface area contributed by atoms with Crippen LogP contribution in [-0.2, 0) is 4.74 Å². The molecule has 0 atom stereocenters. The second kappa shape index (κ2) is 6.85. The molecule has 0 bridgehead atoms. The summed E-state index contributed by atoms with van der Waals surface area (Å²) in [7, 11) is 0. The maximum atomic E-state index is 5.65. The second-order valence-electron chi connectivity index (χ2n) is 3.62. The zero-order valence-corrected chi connectivity index (χ0v) is 9.92. The number of nitrogens with two attached hydrogens (primary N) is 1. The van der Waals surface area contributed by atoms with Crippen molar-refractivity contribution in [1.82, 2.24) is 4.90 Å². The van der Waals surface area contributed by atoms with Crippen molar-refractivity contribution in [3.8, 4) is 0 Å². The van der Waals surface area contributed by atoms with Crippen molar-refractivity contribution in [2.75, 3.05) is 32.8 Å². The zero-order valence-electron chi connectivity index (χ0n) is 8.28. The van der Waals surface area contributed by atoms with Crippen LogP contribution in [0, 0.1) is 0 Å². The monoisotopic (exact) mass is 230 g/mol. The fourth-order valence-electron chi connectivity index (χ4n) is 1.30. The summed E-state index contributed by atoms with van der Waals surface area (Å²) in [5.41, 5.74) is 5.80. The van der Waals surface area contributed by atoms with E-state index in [1.165, 1.54) is 0 Å². The van der Waals surface area contributed by atoms with Crippen LogP contribution < -0.4 is 5.73 Å². The lowest BCUT2D eigenvalue weighted by Crippen LogP contribution is -2.53. The van der Waals surface area contributed by atoms with Gasteiger partial charge in [0.25, 0.3) is 0 Å². The Morgan fingerprint density at radius 3 is 2.08 bits per heavy atom. The van der Waals surface area contributed by atoms with Gasteiger partial charge in [0.1, 0.15) is 0 Å². The molecule has 3 nitrogen and oxygen atoms in total. The zero-order chi connectivity index (χ0) is 8.32. The number of nitrogens with zero attached hydrogens (tertiary/aromatic N) is 1. The van der Waals surface area contributed by atoms with E-state index >= 15 is 0 Å². The van der Waals surface area contributed by atoms with E-state index in [9.17, 15) is 0 Å². The lowest BCUT2D eigenvalue weighted by Gasteiger charge is -2.39. The first-order chi connectivity index (χ1) is 5.17. The Morgan fingerprint density at radius 1 is 1.23 bits per heavy atom. The molecule has 0 unspecified atom stereocenters. The molecule has 0 saturated carbocycles.